The molecule has 1 aromatic heterocycles. The van der Waals surface area contributed by atoms with E-state index in [0.29, 0.717) is 11.0 Å². The molecule has 2 aromatic rings. The van der Waals surface area contributed by atoms with Crippen LogP contribution in [0.1, 0.15) is 5.76 Å². The Morgan fingerprint density at radius 3 is 2.82 bits per heavy atom. The Balaban J connectivity index is 1.83. The first kappa shape index (κ1) is 10.7. The number of morpholine rings is 1. The van der Waals surface area contributed by atoms with Gasteiger partial charge in [0.15, 0.2) is 0 Å². The van der Waals surface area contributed by atoms with Crippen molar-refractivity contribution in [2.75, 3.05) is 26.3 Å². The summed E-state index contributed by atoms with van der Waals surface area (Å²) in [5.41, 5.74) is 0.619. The van der Waals surface area contributed by atoms with Gasteiger partial charge in [-0.25, -0.2) is 4.39 Å². The normalized spacial score (nSPS) is 17.7. The van der Waals surface area contributed by atoms with Gasteiger partial charge in [0.05, 0.1) is 25.1 Å². The van der Waals surface area contributed by atoms with Crippen LogP contribution >= 0.6 is 0 Å². The molecule has 1 aliphatic rings. The van der Waals surface area contributed by atoms with Crippen molar-refractivity contribution in [3.05, 3.63) is 35.8 Å². The SMILES string of the molecule is Fc1cccc2oc(CN3CCOCC3)cc12. The van der Waals surface area contributed by atoms with E-state index in [9.17, 15) is 4.39 Å². The maximum absolute atomic E-state index is 13.5. The molecule has 0 radical (unpaired) electrons. The van der Waals surface area contributed by atoms with Crippen LogP contribution in [0, 0.1) is 5.82 Å². The smallest absolute Gasteiger partial charge is 0.137 e. The number of ether oxygens (including phenoxy) is 1. The Hall–Kier alpha value is -1.39. The fraction of sp³-hybridized carbons (Fsp3) is 0.385. The molecule has 1 aliphatic heterocycles. The lowest BCUT2D eigenvalue weighted by atomic mass is 10.2. The van der Waals surface area contributed by atoms with Crippen molar-refractivity contribution < 1.29 is 13.5 Å². The van der Waals surface area contributed by atoms with Crippen molar-refractivity contribution in [1.82, 2.24) is 4.90 Å². The standard InChI is InChI=1S/C13H14FNO2/c14-12-2-1-3-13-11(12)8-10(17-13)9-15-4-6-16-7-5-15/h1-3,8H,4-7,9H2. The van der Waals surface area contributed by atoms with Crippen LogP contribution in [0.2, 0.25) is 0 Å². The number of hydrogen-bond donors (Lipinski definition) is 0. The second-order valence-corrected chi connectivity index (χ2v) is 4.25. The van der Waals surface area contributed by atoms with Gasteiger partial charge in [-0.05, 0) is 18.2 Å². The zero-order chi connectivity index (χ0) is 11.7. The molecule has 2 heterocycles. The summed E-state index contributed by atoms with van der Waals surface area (Å²) in [6.45, 7) is 4.04. The van der Waals surface area contributed by atoms with Crippen molar-refractivity contribution >= 4 is 11.0 Å². The van der Waals surface area contributed by atoms with Crippen LogP contribution in [-0.4, -0.2) is 31.2 Å². The summed E-state index contributed by atoms with van der Waals surface area (Å²) < 4.78 is 24.4. The van der Waals surface area contributed by atoms with E-state index in [1.165, 1.54) is 6.07 Å². The molecule has 0 atom stereocenters. The van der Waals surface area contributed by atoms with E-state index < -0.39 is 0 Å². The minimum Gasteiger partial charge on any atom is -0.460 e. The molecule has 3 rings (SSSR count). The summed E-state index contributed by atoms with van der Waals surface area (Å²) in [6, 6.07) is 6.71. The van der Waals surface area contributed by atoms with Crippen molar-refractivity contribution in [3.8, 4) is 0 Å². The summed E-state index contributed by atoms with van der Waals surface area (Å²) in [5, 5.41) is 0.566. The first-order chi connectivity index (χ1) is 8.33. The molecule has 0 N–H and O–H groups in total. The molecule has 1 aromatic carbocycles. The van der Waals surface area contributed by atoms with E-state index in [4.69, 9.17) is 9.15 Å². The molecule has 90 valence electrons. The van der Waals surface area contributed by atoms with E-state index in [1.54, 1.807) is 18.2 Å². The third kappa shape index (κ3) is 2.18. The highest BCUT2D eigenvalue weighted by molar-refractivity contribution is 5.78. The van der Waals surface area contributed by atoms with Crippen molar-refractivity contribution in [1.29, 1.82) is 0 Å². The van der Waals surface area contributed by atoms with E-state index >= 15 is 0 Å². The average molecular weight is 235 g/mol. The number of benzene rings is 1. The number of hydrogen-bond acceptors (Lipinski definition) is 3. The van der Waals surface area contributed by atoms with E-state index in [0.717, 1.165) is 38.6 Å². The fourth-order valence-corrected chi connectivity index (χ4v) is 2.14. The summed E-state index contributed by atoms with van der Waals surface area (Å²) in [7, 11) is 0. The summed E-state index contributed by atoms with van der Waals surface area (Å²) in [6.07, 6.45) is 0. The maximum atomic E-state index is 13.5. The lowest BCUT2D eigenvalue weighted by molar-refractivity contribution is 0.0315. The fourth-order valence-electron chi connectivity index (χ4n) is 2.14. The Morgan fingerprint density at radius 2 is 2.06 bits per heavy atom. The van der Waals surface area contributed by atoms with Gasteiger partial charge in [-0.1, -0.05) is 6.07 Å². The van der Waals surface area contributed by atoms with E-state index in [2.05, 4.69) is 4.90 Å². The number of rotatable bonds is 2. The van der Waals surface area contributed by atoms with Crippen LogP contribution in [0.15, 0.2) is 28.7 Å². The third-order valence-corrected chi connectivity index (χ3v) is 3.04. The molecule has 0 aliphatic carbocycles. The molecule has 17 heavy (non-hydrogen) atoms. The minimum atomic E-state index is -0.223. The highest BCUT2D eigenvalue weighted by Gasteiger charge is 2.14. The molecule has 3 nitrogen and oxygen atoms in total. The first-order valence-corrected chi connectivity index (χ1v) is 5.80. The lowest BCUT2D eigenvalue weighted by Gasteiger charge is -2.25. The highest BCUT2D eigenvalue weighted by atomic mass is 19.1. The van der Waals surface area contributed by atoms with Crippen molar-refractivity contribution in [3.63, 3.8) is 0 Å². The first-order valence-electron chi connectivity index (χ1n) is 5.80. The van der Waals surface area contributed by atoms with Gasteiger partial charge in [-0.3, -0.25) is 4.90 Å². The molecule has 0 bridgehead atoms. The predicted octanol–water partition coefficient (Wildman–Crippen LogP) is 2.40. The lowest BCUT2D eigenvalue weighted by Crippen LogP contribution is -2.35. The number of nitrogens with zero attached hydrogens (tertiary/aromatic N) is 1. The zero-order valence-electron chi connectivity index (χ0n) is 9.49. The molecule has 0 spiro atoms. The van der Waals surface area contributed by atoms with E-state index in [1.807, 2.05) is 0 Å². The molecular formula is C13H14FNO2. The van der Waals surface area contributed by atoms with Crippen LogP contribution in [-0.2, 0) is 11.3 Å². The van der Waals surface area contributed by atoms with Gasteiger partial charge in [0.2, 0.25) is 0 Å². The zero-order valence-corrected chi connectivity index (χ0v) is 9.49. The van der Waals surface area contributed by atoms with Crippen LogP contribution < -0.4 is 0 Å². The second kappa shape index (κ2) is 4.47. The van der Waals surface area contributed by atoms with Gasteiger partial charge in [-0.2, -0.15) is 0 Å². The number of fused-ring (bicyclic) bond motifs is 1. The average Bonchev–Trinajstić information content (AvgIpc) is 2.74. The van der Waals surface area contributed by atoms with Gasteiger partial charge >= 0.3 is 0 Å². The molecular weight excluding hydrogens is 221 g/mol. The van der Waals surface area contributed by atoms with Gasteiger partial charge < -0.3 is 9.15 Å². The van der Waals surface area contributed by atoms with Crippen LogP contribution in [0.25, 0.3) is 11.0 Å². The van der Waals surface area contributed by atoms with Crippen molar-refractivity contribution in [2.24, 2.45) is 0 Å². The molecule has 0 unspecified atom stereocenters. The molecule has 1 fully saturated rings. The summed E-state index contributed by atoms with van der Waals surface area (Å²) in [4.78, 5) is 2.25. The Morgan fingerprint density at radius 1 is 1.24 bits per heavy atom. The maximum Gasteiger partial charge on any atom is 0.137 e. The second-order valence-electron chi connectivity index (χ2n) is 4.25. The van der Waals surface area contributed by atoms with Gasteiger partial charge in [0.25, 0.3) is 0 Å². The van der Waals surface area contributed by atoms with Gasteiger partial charge in [-0.15, -0.1) is 0 Å². The quantitative estimate of drug-likeness (QED) is 0.799. The highest BCUT2D eigenvalue weighted by Crippen LogP contribution is 2.23. The minimum absolute atomic E-state index is 0.223. The molecule has 0 amide bonds. The molecule has 1 saturated heterocycles. The Kier molecular flexibility index (Phi) is 2.82. The molecule has 4 heteroatoms. The number of halogens is 1. The number of furan rings is 1. The Labute approximate surface area is 98.8 Å². The van der Waals surface area contributed by atoms with Crippen LogP contribution in [0.5, 0.6) is 0 Å². The topological polar surface area (TPSA) is 25.6 Å². The largest absolute Gasteiger partial charge is 0.460 e. The van der Waals surface area contributed by atoms with Crippen LogP contribution in [0.3, 0.4) is 0 Å². The third-order valence-electron chi connectivity index (χ3n) is 3.04. The van der Waals surface area contributed by atoms with E-state index in [-0.39, 0.29) is 5.82 Å². The predicted molar refractivity (Wildman–Crippen MR) is 62.3 cm³/mol. The van der Waals surface area contributed by atoms with Gasteiger partial charge in [0, 0.05) is 13.1 Å². The molecule has 0 saturated carbocycles. The van der Waals surface area contributed by atoms with Crippen molar-refractivity contribution in [2.45, 2.75) is 6.54 Å². The Bertz CT molecular complexity index is 517. The summed E-state index contributed by atoms with van der Waals surface area (Å²) in [5.74, 6) is 0.589. The van der Waals surface area contributed by atoms with Gasteiger partial charge in [0.1, 0.15) is 17.2 Å². The monoisotopic (exact) mass is 235 g/mol. The van der Waals surface area contributed by atoms with Crippen LogP contribution in [0.4, 0.5) is 4.39 Å². The summed E-state index contributed by atoms with van der Waals surface area (Å²) >= 11 is 0.